The van der Waals surface area contributed by atoms with Crippen molar-refractivity contribution < 1.29 is 4.79 Å². The minimum atomic E-state index is -0.0800. The molecular weight excluding hydrogens is 212 g/mol. The first-order valence-electron chi connectivity index (χ1n) is 6.24. The molecular formula is C14H20N2O. The number of carbonyl (C=O) groups is 1. The Morgan fingerprint density at radius 2 is 2.12 bits per heavy atom. The van der Waals surface area contributed by atoms with Crippen LogP contribution in [0.15, 0.2) is 24.3 Å². The van der Waals surface area contributed by atoms with E-state index in [0.29, 0.717) is 5.92 Å². The van der Waals surface area contributed by atoms with Gasteiger partial charge in [0.05, 0.1) is 6.04 Å². The van der Waals surface area contributed by atoms with Gasteiger partial charge in [-0.15, -0.1) is 0 Å². The lowest BCUT2D eigenvalue weighted by molar-refractivity contribution is -0.123. The van der Waals surface area contributed by atoms with Crippen LogP contribution in [0.1, 0.15) is 25.0 Å². The van der Waals surface area contributed by atoms with Crippen molar-refractivity contribution in [3.63, 3.8) is 0 Å². The van der Waals surface area contributed by atoms with E-state index in [1.165, 1.54) is 11.1 Å². The van der Waals surface area contributed by atoms with Crippen molar-refractivity contribution in [2.45, 2.75) is 32.9 Å². The predicted molar refractivity (Wildman–Crippen MR) is 68.6 cm³/mol. The maximum Gasteiger partial charge on any atom is 0.237 e. The van der Waals surface area contributed by atoms with Gasteiger partial charge in [-0.25, -0.2) is 0 Å². The van der Waals surface area contributed by atoms with Crippen LogP contribution in [0.2, 0.25) is 0 Å². The second-order valence-corrected chi connectivity index (χ2v) is 5.05. The van der Waals surface area contributed by atoms with Crippen LogP contribution in [0.4, 0.5) is 0 Å². The highest BCUT2D eigenvalue weighted by Gasteiger charge is 2.23. The molecule has 0 aliphatic carbocycles. The molecule has 17 heavy (non-hydrogen) atoms. The molecule has 0 bridgehead atoms. The Morgan fingerprint density at radius 3 is 2.82 bits per heavy atom. The van der Waals surface area contributed by atoms with E-state index >= 15 is 0 Å². The fourth-order valence-electron chi connectivity index (χ4n) is 2.07. The Bertz CT molecular complexity index is 401. The Morgan fingerprint density at radius 1 is 1.41 bits per heavy atom. The van der Waals surface area contributed by atoms with E-state index in [0.717, 1.165) is 19.5 Å². The first kappa shape index (κ1) is 12.1. The van der Waals surface area contributed by atoms with Gasteiger partial charge in [-0.1, -0.05) is 38.1 Å². The van der Waals surface area contributed by atoms with Gasteiger partial charge in [0.15, 0.2) is 0 Å². The summed E-state index contributed by atoms with van der Waals surface area (Å²) in [6.07, 6.45) is 0.792. The third kappa shape index (κ3) is 3.07. The summed E-state index contributed by atoms with van der Waals surface area (Å²) in [5.41, 5.74) is 2.59. The van der Waals surface area contributed by atoms with Crippen LogP contribution in [-0.4, -0.2) is 18.5 Å². The zero-order valence-corrected chi connectivity index (χ0v) is 10.5. The van der Waals surface area contributed by atoms with Crippen molar-refractivity contribution in [3.8, 4) is 0 Å². The van der Waals surface area contributed by atoms with Crippen LogP contribution in [0.25, 0.3) is 0 Å². The Hall–Kier alpha value is -1.35. The van der Waals surface area contributed by atoms with Crippen LogP contribution in [-0.2, 0) is 17.8 Å². The summed E-state index contributed by atoms with van der Waals surface area (Å²) in [7, 11) is 0. The number of fused-ring (bicyclic) bond motifs is 1. The topological polar surface area (TPSA) is 41.1 Å². The number of carbonyl (C=O) groups excluding carboxylic acids is 1. The molecule has 92 valence electrons. The summed E-state index contributed by atoms with van der Waals surface area (Å²) in [6.45, 7) is 5.74. The summed E-state index contributed by atoms with van der Waals surface area (Å²) in [5, 5.41) is 6.27. The molecule has 0 radical (unpaired) electrons. The molecule has 1 amide bonds. The molecule has 1 aliphatic heterocycles. The maximum atomic E-state index is 11.9. The van der Waals surface area contributed by atoms with Crippen LogP contribution in [0, 0.1) is 5.92 Å². The van der Waals surface area contributed by atoms with Gasteiger partial charge in [0.25, 0.3) is 0 Å². The zero-order valence-electron chi connectivity index (χ0n) is 10.5. The molecule has 3 heteroatoms. The Balaban J connectivity index is 1.95. The molecule has 0 fully saturated rings. The van der Waals surface area contributed by atoms with Crippen molar-refractivity contribution >= 4 is 5.91 Å². The highest BCUT2D eigenvalue weighted by Crippen LogP contribution is 2.16. The average molecular weight is 232 g/mol. The van der Waals surface area contributed by atoms with E-state index in [1.807, 2.05) is 12.1 Å². The van der Waals surface area contributed by atoms with Crippen molar-refractivity contribution in [3.05, 3.63) is 35.4 Å². The molecule has 1 heterocycles. The monoisotopic (exact) mass is 232 g/mol. The van der Waals surface area contributed by atoms with E-state index in [9.17, 15) is 4.79 Å². The summed E-state index contributed by atoms with van der Waals surface area (Å²) >= 11 is 0. The van der Waals surface area contributed by atoms with Crippen molar-refractivity contribution in [1.29, 1.82) is 0 Å². The van der Waals surface area contributed by atoms with Gasteiger partial charge in [-0.2, -0.15) is 0 Å². The number of rotatable bonds is 3. The number of hydrogen-bond acceptors (Lipinski definition) is 2. The molecule has 1 aromatic rings. The summed E-state index contributed by atoms with van der Waals surface area (Å²) in [4.78, 5) is 11.9. The zero-order chi connectivity index (χ0) is 12.3. The number of benzene rings is 1. The Labute approximate surface area is 103 Å². The molecule has 1 aromatic carbocycles. The molecule has 0 unspecified atom stereocenters. The summed E-state index contributed by atoms with van der Waals surface area (Å²) in [5.74, 6) is 0.614. The molecule has 0 saturated heterocycles. The first-order valence-corrected chi connectivity index (χ1v) is 6.24. The van der Waals surface area contributed by atoms with Crippen LogP contribution in [0.5, 0.6) is 0 Å². The molecule has 0 aromatic heterocycles. The fraction of sp³-hybridized carbons (Fsp3) is 0.500. The molecule has 0 spiro atoms. The molecule has 2 N–H and O–H groups in total. The van der Waals surface area contributed by atoms with Gasteiger partial charge in [0.2, 0.25) is 5.91 Å². The second kappa shape index (κ2) is 5.32. The largest absolute Gasteiger partial charge is 0.354 e. The van der Waals surface area contributed by atoms with Crippen molar-refractivity contribution in [2.75, 3.05) is 6.54 Å². The molecule has 1 aliphatic rings. The minimum absolute atomic E-state index is 0.0800. The van der Waals surface area contributed by atoms with Crippen LogP contribution >= 0.6 is 0 Å². The maximum absolute atomic E-state index is 11.9. The smallest absolute Gasteiger partial charge is 0.237 e. The van der Waals surface area contributed by atoms with Crippen LogP contribution in [0.3, 0.4) is 0 Å². The van der Waals surface area contributed by atoms with Gasteiger partial charge in [-0.3, -0.25) is 4.79 Å². The first-order chi connectivity index (χ1) is 8.16. The normalized spacial score (nSPS) is 18.9. The van der Waals surface area contributed by atoms with Gasteiger partial charge in [0, 0.05) is 13.1 Å². The van der Waals surface area contributed by atoms with Gasteiger partial charge in [0.1, 0.15) is 0 Å². The van der Waals surface area contributed by atoms with E-state index in [2.05, 4.69) is 36.6 Å². The molecule has 1 atom stereocenters. The van der Waals surface area contributed by atoms with E-state index in [-0.39, 0.29) is 11.9 Å². The van der Waals surface area contributed by atoms with Crippen molar-refractivity contribution in [1.82, 2.24) is 10.6 Å². The lowest BCUT2D eigenvalue weighted by Gasteiger charge is -2.25. The molecule has 0 saturated carbocycles. The van der Waals surface area contributed by atoms with Crippen LogP contribution < -0.4 is 10.6 Å². The van der Waals surface area contributed by atoms with Gasteiger partial charge < -0.3 is 10.6 Å². The molecule has 2 rings (SSSR count). The van der Waals surface area contributed by atoms with E-state index in [1.54, 1.807) is 0 Å². The van der Waals surface area contributed by atoms with Crippen molar-refractivity contribution in [2.24, 2.45) is 5.92 Å². The highest BCUT2D eigenvalue weighted by molar-refractivity contribution is 5.82. The third-order valence-corrected chi connectivity index (χ3v) is 3.08. The highest BCUT2D eigenvalue weighted by atomic mass is 16.2. The molecule has 3 nitrogen and oxygen atoms in total. The standard InChI is InChI=1S/C14H20N2O/c1-10(2)8-16-14(17)13-7-11-5-3-4-6-12(11)9-15-13/h3-6,10,13,15H,7-9H2,1-2H3,(H,16,17)/t13-/m0/s1. The minimum Gasteiger partial charge on any atom is -0.354 e. The Kier molecular flexibility index (Phi) is 3.79. The SMILES string of the molecule is CC(C)CNC(=O)[C@@H]1Cc2ccccc2CN1. The quantitative estimate of drug-likeness (QED) is 0.828. The number of hydrogen-bond donors (Lipinski definition) is 2. The van der Waals surface area contributed by atoms with E-state index < -0.39 is 0 Å². The number of nitrogens with one attached hydrogen (secondary N) is 2. The average Bonchev–Trinajstić information content (AvgIpc) is 2.35. The van der Waals surface area contributed by atoms with Gasteiger partial charge in [-0.05, 0) is 23.5 Å². The summed E-state index contributed by atoms with van der Waals surface area (Å²) < 4.78 is 0. The fourth-order valence-corrected chi connectivity index (χ4v) is 2.07. The van der Waals surface area contributed by atoms with E-state index in [4.69, 9.17) is 0 Å². The summed E-state index contributed by atoms with van der Waals surface area (Å²) in [6, 6.07) is 8.22. The second-order valence-electron chi connectivity index (χ2n) is 5.05. The predicted octanol–water partition coefficient (Wildman–Crippen LogP) is 1.47. The third-order valence-electron chi connectivity index (χ3n) is 3.08. The lowest BCUT2D eigenvalue weighted by Crippen LogP contribution is -2.48. The lowest BCUT2D eigenvalue weighted by atomic mass is 9.95. The number of amides is 1. The van der Waals surface area contributed by atoms with Gasteiger partial charge >= 0.3 is 0 Å².